The summed E-state index contributed by atoms with van der Waals surface area (Å²) in [7, 11) is 0. The lowest BCUT2D eigenvalue weighted by molar-refractivity contribution is -0.117. The van der Waals surface area contributed by atoms with Gasteiger partial charge in [-0.25, -0.2) is 8.78 Å². The highest BCUT2D eigenvalue weighted by molar-refractivity contribution is 9.10. The topological polar surface area (TPSA) is 58.2 Å². The molecule has 0 radical (unpaired) electrons. The Morgan fingerprint density at radius 1 is 0.879 bits per heavy atom. The first kappa shape index (κ1) is 24.0. The zero-order valence-electron chi connectivity index (χ0n) is 16.5. The maximum Gasteiger partial charge on any atom is 0.257 e. The van der Waals surface area contributed by atoms with E-state index in [2.05, 4.69) is 26.6 Å². The fraction of sp³-hybridized carbons (Fsp3) is 0.130. The number of alkyl halides is 2. The minimum atomic E-state index is -1.97. The normalized spacial score (nSPS) is 21.4. The summed E-state index contributed by atoms with van der Waals surface area (Å²) in [5.41, 5.74) is 1.20. The van der Waals surface area contributed by atoms with Gasteiger partial charge in [0, 0.05) is 27.3 Å². The van der Waals surface area contributed by atoms with Crippen LogP contribution in [0.15, 0.2) is 60.7 Å². The Bertz CT molecular complexity index is 1230. The van der Waals surface area contributed by atoms with Gasteiger partial charge in [0.25, 0.3) is 5.91 Å². The molecule has 1 unspecified atom stereocenters. The van der Waals surface area contributed by atoms with E-state index in [1.165, 1.54) is 48.5 Å². The van der Waals surface area contributed by atoms with Gasteiger partial charge in [-0.05, 0) is 82.2 Å². The van der Waals surface area contributed by atoms with Gasteiger partial charge in [0.1, 0.15) is 5.82 Å². The van der Waals surface area contributed by atoms with Gasteiger partial charge in [0.15, 0.2) is 4.58 Å². The summed E-state index contributed by atoms with van der Waals surface area (Å²) >= 11 is 21.1. The quantitative estimate of drug-likeness (QED) is 0.311. The van der Waals surface area contributed by atoms with Crippen LogP contribution in [0.5, 0.6) is 0 Å². The average Bonchev–Trinajstić information content (AvgIpc) is 3.32. The van der Waals surface area contributed by atoms with E-state index in [4.69, 9.17) is 34.8 Å². The molecule has 2 N–H and O–H groups in total. The lowest BCUT2D eigenvalue weighted by Crippen LogP contribution is -2.18. The van der Waals surface area contributed by atoms with Crippen LogP contribution in [0.1, 0.15) is 21.8 Å². The standard InChI is InChI=1S/C23H14BrCl3F2N2O2/c24-23(29)19(11-7-12(25)9-13(26)8-11)20(23)22(33)31-16-5-6-18(27)17(10-16)21(32)30-15-3-1-14(28)2-4-15/h1-10,19-20H,(H,30,32)(H,31,33)/t19-,20+,23?/m0/s1. The van der Waals surface area contributed by atoms with Crippen molar-refractivity contribution in [2.45, 2.75) is 10.5 Å². The molecule has 0 heterocycles. The molecule has 0 saturated heterocycles. The van der Waals surface area contributed by atoms with Crippen LogP contribution in [-0.4, -0.2) is 16.4 Å². The van der Waals surface area contributed by atoms with Crippen molar-refractivity contribution in [2.24, 2.45) is 5.92 Å². The number of amides is 2. The zero-order chi connectivity index (χ0) is 23.9. The van der Waals surface area contributed by atoms with Crippen LogP contribution >= 0.6 is 50.7 Å². The van der Waals surface area contributed by atoms with E-state index < -0.39 is 34.0 Å². The molecule has 2 amide bonds. The van der Waals surface area contributed by atoms with Crippen LogP contribution < -0.4 is 10.6 Å². The van der Waals surface area contributed by atoms with Crippen LogP contribution in [-0.2, 0) is 4.79 Å². The largest absolute Gasteiger partial charge is 0.326 e. The minimum absolute atomic E-state index is 0.0816. The molecule has 0 bridgehead atoms. The highest BCUT2D eigenvalue weighted by Gasteiger charge is 2.69. The van der Waals surface area contributed by atoms with Gasteiger partial charge in [0.2, 0.25) is 5.91 Å². The molecule has 3 aromatic carbocycles. The van der Waals surface area contributed by atoms with E-state index in [1.54, 1.807) is 12.1 Å². The van der Waals surface area contributed by atoms with Crippen molar-refractivity contribution in [3.8, 4) is 0 Å². The molecule has 1 aliphatic carbocycles. The first-order chi connectivity index (χ1) is 15.6. The van der Waals surface area contributed by atoms with Crippen molar-refractivity contribution in [3.63, 3.8) is 0 Å². The van der Waals surface area contributed by atoms with Crippen molar-refractivity contribution in [1.29, 1.82) is 0 Å². The number of benzene rings is 3. The van der Waals surface area contributed by atoms with Gasteiger partial charge < -0.3 is 10.6 Å². The average molecular weight is 575 g/mol. The third kappa shape index (κ3) is 5.17. The van der Waals surface area contributed by atoms with Gasteiger partial charge in [-0.15, -0.1) is 0 Å². The molecule has 4 nitrogen and oxygen atoms in total. The first-order valence-corrected chi connectivity index (χ1v) is 11.5. The Labute approximate surface area is 211 Å². The summed E-state index contributed by atoms with van der Waals surface area (Å²) in [5.74, 6) is -3.42. The van der Waals surface area contributed by atoms with Crippen molar-refractivity contribution in [3.05, 3.63) is 92.7 Å². The van der Waals surface area contributed by atoms with E-state index in [9.17, 15) is 14.0 Å². The van der Waals surface area contributed by atoms with E-state index in [0.717, 1.165) is 0 Å². The molecule has 33 heavy (non-hydrogen) atoms. The molecule has 10 heteroatoms. The lowest BCUT2D eigenvalue weighted by Gasteiger charge is -2.10. The number of hydrogen-bond acceptors (Lipinski definition) is 2. The molecule has 4 rings (SSSR count). The summed E-state index contributed by atoms with van der Waals surface area (Å²) in [4.78, 5) is 25.4. The van der Waals surface area contributed by atoms with E-state index in [-0.39, 0.29) is 16.3 Å². The summed E-state index contributed by atoms with van der Waals surface area (Å²) in [6.45, 7) is 0. The molecule has 0 aliphatic heterocycles. The molecule has 1 aliphatic rings. The molecule has 170 valence electrons. The zero-order valence-corrected chi connectivity index (χ0v) is 20.4. The van der Waals surface area contributed by atoms with Crippen molar-refractivity contribution < 1.29 is 18.4 Å². The second kappa shape index (κ2) is 9.22. The number of nitrogens with one attached hydrogen (secondary N) is 2. The molecular formula is C23H14BrCl3F2N2O2. The number of rotatable bonds is 5. The third-order valence-corrected chi connectivity index (χ3v) is 6.91. The molecule has 0 aromatic heterocycles. The molecule has 0 spiro atoms. The maximum atomic E-state index is 15.0. The van der Waals surface area contributed by atoms with Crippen molar-refractivity contribution in [2.75, 3.05) is 10.6 Å². The Balaban J connectivity index is 1.50. The maximum absolute atomic E-state index is 15.0. The van der Waals surface area contributed by atoms with Crippen LogP contribution in [0.4, 0.5) is 20.2 Å². The predicted molar refractivity (Wildman–Crippen MR) is 130 cm³/mol. The van der Waals surface area contributed by atoms with E-state index >= 15 is 4.39 Å². The molecule has 1 fully saturated rings. The second-order valence-corrected chi connectivity index (χ2v) is 9.97. The number of halogens is 6. The highest BCUT2D eigenvalue weighted by atomic mass is 79.9. The number of anilines is 2. The molecule has 3 aromatic rings. The lowest BCUT2D eigenvalue weighted by atomic mass is 10.1. The number of carbonyl (C=O) groups excluding carboxylic acids is 2. The van der Waals surface area contributed by atoms with Crippen molar-refractivity contribution in [1.82, 2.24) is 0 Å². The third-order valence-electron chi connectivity index (χ3n) is 5.16. The van der Waals surface area contributed by atoms with Gasteiger partial charge >= 0.3 is 0 Å². The highest BCUT2D eigenvalue weighted by Crippen LogP contribution is 2.65. The summed E-state index contributed by atoms with van der Waals surface area (Å²) in [6, 6.07) is 14.2. The van der Waals surface area contributed by atoms with Crippen LogP contribution in [0.2, 0.25) is 15.1 Å². The minimum Gasteiger partial charge on any atom is -0.326 e. The molecule has 1 saturated carbocycles. The predicted octanol–water partition coefficient (Wildman–Crippen LogP) is 7.45. The second-order valence-electron chi connectivity index (χ2n) is 7.48. The Morgan fingerprint density at radius 2 is 1.48 bits per heavy atom. The van der Waals surface area contributed by atoms with Crippen LogP contribution in [0, 0.1) is 11.7 Å². The van der Waals surface area contributed by atoms with Crippen LogP contribution in [0.25, 0.3) is 0 Å². The molecule has 3 atom stereocenters. The Morgan fingerprint density at radius 3 is 2.12 bits per heavy atom. The van der Waals surface area contributed by atoms with E-state index in [0.29, 0.717) is 21.3 Å². The smallest absolute Gasteiger partial charge is 0.257 e. The van der Waals surface area contributed by atoms with Gasteiger partial charge in [-0.3, -0.25) is 9.59 Å². The first-order valence-electron chi connectivity index (χ1n) is 9.57. The Hall–Kier alpha value is -2.19. The molecular weight excluding hydrogens is 561 g/mol. The Kier molecular flexibility index (Phi) is 6.69. The van der Waals surface area contributed by atoms with Gasteiger partial charge in [-0.2, -0.15) is 0 Å². The monoisotopic (exact) mass is 572 g/mol. The van der Waals surface area contributed by atoms with Crippen molar-refractivity contribution >= 4 is 73.9 Å². The van der Waals surface area contributed by atoms with E-state index in [1.807, 2.05) is 0 Å². The fourth-order valence-electron chi connectivity index (χ4n) is 3.55. The number of hydrogen-bond donors (Lipinski definition) is 2. The van der Waals surface area contributed by atoms with Crippen LogP contribution in [0.3, 0.4) is 0 Å². The summed E-state index contributed by atoms with van der Waals surface area (Å²) in [6.07, 6.45) is 0. The SMILES string of the molecule is O=C(Nc1ccc(F)cc1)c1cc(NC(=O)[C@H]2[C@H](c3cc(Cl)cc(Cl)c3)C2(F)Br)ccc1Cl. The van der Waals surface area contributed by atoms with Gasteiger partial charge in [0.05, 0.1) is 16.5 Å². The number of carbonyl (C=O) groups is 2. The summed E-state index contributed by atoms with van der Waals surface area (Å²) in [5, 5.41) is 6.03. The fourth-order valence-corrected chi connectivity index (χ4v) is 5.17. The van der Waals surface area contributed by atoms with Gasteiger partial charge in [-0.1, -0.05) is 34.8 Å². The summed E-state index contributed by atoms with van der Waals surface area (Å²) < 4.78 is 26.1.